The lowest BCUT2D eigenvalue weighted by Crippen LogP contribution is -2.07. The molecule has 19 heavy (non-hydrogen) atoms. The Hall–Kier alpha value is -1.51. The van der Waals surface area contributed by atoms with Crippen molar-refractivity contribution in [3.05, 3.63) is 21.7 Å². The highest BCUT2D eigenvalue weighted by atomic mass is 127. The molecule has 0 bridgehead atoms. The first-order chi connectivity index (χ1) is 9.02. The van der Waals surface area contributed by atoms with Gasteiger partial charge >= 0.3 is 0 Å². The molecular weight excluding hydrogens is 357 g/mol. The first-order valence-electron chi connectivity index (χ1n) is 5.72. The number of methoxy groups -OCH3 is 1. The number of ether oxygens (including phenoxy) is 1. The fourth-order valence-electron chi connectivity index (χ4n) is 1.55. The number of nitrogens with two attached hydrogens (primary N) is 1. The lowest BCUT2D eigenvalue weighted by Gasteiger charge is -2.11. The van der Waals surface area contributed by atoms with Gasteiger partial charge in [-0.25, -0.2) is 19.9 Å². The molecule has 0 atom stereocenters. The summed E-state index contributed by atoms with van der Waals surface area (Å²) in [6, 6.07) is 1.69. The number of hydrogen-bond donors (Lipinski definition) is 1. The van der Waals surface area contributed by atoms with Gasteiger partial charge in [0.05, 0.1) is 16.4 Å². The fraction of sp³-hybridized carbons (Fsp3) is 0.333. The number of halogens is 1. The summed E-state index contributed by atoms with van der Waals surface area (Å²) in [6.45, 7) is 4.13. The van der Waals surface area contributed by atoms with Gasteiger partial charge in [-0.1, -0.05) is 13.8 Å². The average Bonchev–Trinajstić information content (AvgIpc) is 2.41. The summed E-state index contributed by atoms with van der Waals surface area (Å²) in [5, 5.41) is 0. The highest BCUT2D eigenvalue weighted by Crippen LogP contribution is 2.26. The summed E-state index contributed by atoms with van der Waals surface area (Å²) in [5.41, 5.74) is 7.45. The van der Waals surface area contributed by atoms with Crippen LogP contribution in [0.15, 0.2) is 12.4 Å². The highest BCUT2D eigenvalue weighted by Gasteiger charge is 2.15. The second-order valence-electron chi connectivity index (χ2n) is 4.23. The molecule has 0 saturated carbocycles. The van der Waals surface area contributed by atoms with Gasteiger partial charge in [0, 0.05) is 6.07 Å². The average molecular weight is 371 g/mol. The zero-order valence-corrected chi connectivity index (χ0v) is 13.0. The van der Waals surface area contributed by atoms with Crippen LogP contribution in [-0.2, 0) is 0 Å². The van der Waals surface area contributed by atoms with E-state index in [1.54, 1.807) is 13.2 Å². The molecule has 2 heterocycles. The van der Waals surface area contributed by atoms with E-state index in [9.17, 15) is 0 Å². The Balaban J connectivity index is 2.56. The number of anilines is 1. The van der Waals surface area contributed by atoms with Gasteiger partial charge in [-0.05, 0) is 28.5 Å². The van der Waals surface area contributed by atoms with Crippen molar-refractivity contribution in [2.45, 2.75) is 19.8 Å². The minimum Gasteiger partial charge on any atom is -0.481 e. The largest absolute Gasteiger partial charge is 0.481 e. The monoisotopic (exact) mass is 371 g/mol. The van der Waals surface area contributed by atoms with Crippen LogP contribution in [0.3, 0.4) is 0 Å². The van der Waals surface area contributed by atoms with Crippen molar-refractivity contribution in [1.82, 2.24) is 19.9 Å². The second kappa shape index (κ2) is 5.64. The minimum atomic E-state index is 0.264. The van der Waals surface area contributed by atoms with Crippen molar-refractivity contribution in [3.8, 4) is 17.4 Å². The molecule has 0 spiro atoms. The van der Waals surface area contributed by atoms with Gasteiger partial charge in [0.25, 0.3) is 0 Å². The molecule has 2 N–H and O–H groups in total. The lowest BCUT2D eigenvalue weighted by molar-refractivity contribution is 0.397. The molecule has 0 unspecified atom stereocenters. The molecule has 0 radical (unpaired) electrons. The molecule has 100 valence electrons. The Labute approximate surface area is 125 Å². The molecule has 0 amide bonds. The van der Waals surface area contributed by atoms with E-state index in [4.69, 9.17) is 10.5 Å². The third-order valence-corrected chi connectivity index (χ3v) is 3.63. The summed E-state index contributed by atoms with van der Waals surface area (Å²) < 4.78 is 5.96. The van der Waals surface area contributed by atoms with Crippen molar-refractivity contribution in [2.75, 3.05) is 12.8 Å². The molecule has 0 fully saturated rings. The molecule has 0 aliphatic carbocycles. The SMILES string of the molecule is COc1cc(-c2nc(N)c(I)c(C(C)C)n2)ncn1. The second-order valence-corrected chi connectivity index (χ2v) is 5.31. The molecule has 0 aliphatic heterocycles. The molecule has 2 rings (SSSR count). The normalized spacial score (nSPS) is 10.8. The van der Waals surface area contributed by atoms with E-state index in [2.05, 4.69) is 56.4 Å². The van der Waals surface area contributed by atoms with E-state index in [0.29, 0.717) is 23.2 Å². The lowest BCUT2D eigenvalue weighted by atomic mass is 10.1. The maximum Gasteiger partial charge on any atom is 0.216 e. The van der Waals surface area contributed by atoms with E-state index in [1.807, 2.05) is 0 Å². The summed E-state index contributed by atoms with van der Waals surface area (Å²) in [5.74, 6) is 1.69. The molecule has 0 aromatic carbocycles. The number of hydrogen-bond acceptors (Lipinski definition) is 6. The van der Waals surface area contributed by atoms with Gasteiger partial charge in [0.1, 0.15) is 17.8 Å². The van der Waals surface area contributed by atoms with Crippen LogP contribution >= 0.6 is 22.6 Å². The Morgan fingerprint density at radius 1 is 1.26 bits per heavy atom. The van der Waals surface area contributed by atoms with Crippen molar-refractivity contribution in [1.29, 1.82) is 0 Å². The first-order valence-corrected chi connectivity index (χ1v) is 6.80. The molecule has 6 nitrogen and oxygen atoms in total. The van der Waals surface area contributed by atoms with Crippen molar-refractivity contribution >= 4 is 28.4 Å². The molecular formula is C12H14IN5O. The van der Waals surface area contributed by atoms with Gasteiger partial charge in [0.15, 0.2) is 5.82 Å². The zero-order valence-electron chi connectivity index (χ0n) is 10.9. The predicted octanol–water partition coefficient (Wildman–Crippen LogP) is 2.25. The maximum atomic E-state index is 5.93. The molecule has 2 aromatic heterocycles. The van der Waals surface area contributed by atoms with E-state index < -0.39 is 0 Å². The molecule has 7 heteroatoms. The summed E-state index contributed by atoms with van der Waals surface area (Å²) >= 11 is 2.16. The van der Waals surface area contributed by atoms with Gasteiger partial charge < -0.3 is 10.5 Å². The highest BCUT2D eigenvalue weighted by molar-refractivity contribution is 14.1. The van der Waals surface area contributed by atoms with Crippen molar-refractivity contribution in [3.63, 3.8) is 0 Å². The molecule has 0 saturated heterocycles. The Bertz CT molecular complexity index is 603. The van der Waals surface area contributed by atoms with Crippen molar-refractivity contribution in [2.24, 2.45) is 0 Å². The van der Waals surface area contributed by atoms with E-state index in [1.165, 1.54) is 6.33 Å². The molecule has 0 aliphatic rings. The van der Waals surface area contributed by atoms with Crippen LogP contribution < -0.4 is 10.5 Å². The van der Waals surface area contributed by atoms with Crippen LogP contribution in [0.2, 0.25) is 0 Å². The zero-order chi connectivity index (χ0) is 14.0. The van der Waals surface area contributed by atoms with Crippen LogP contribution in [0, 0.1) is 3.57 Å². The summed E-state index contributed by atoms with van der Waals surface area (Å²) in [7, 11) is 1.55. The smallest absolute Gasteiger partial charge is 0.216 e. The van der Waals surface area contributed by atoms with Crippen LogP contribution in [0.5, 0.6) is 5.88 Å². The topological polar surface area (TPSA) is 86.8 Å². The van der Waals surface area contributed by atoms with Crippen LogP contribution in [0.4, 0.5) is 5.82 Å². The van der Waals surface area contributed by atoms with Gasteiger partial charge in [-0.3, -0.25) is 0 Å². The van der Waals surface area contributed by atoms with Crippen LogP contribution in [0.1, 0.15) is 25.5 Å². The van der Waals surface area contributed by atoms with Gasteiger partial charge in [-0.2, -0.15) is 0 Å². The number of nitrogen functional groups attached to an aromatic ring is 1. The Morgan fingerprint density at radius 3 is 2.63 bits per heavy atom. The molecule has 2 aromatic rings. The predicted molar refractivity (Wildman–Crippen MR) is 80.8 cm³/mol. The summed E-state index contributed by atoms with van der Waals surface area (Å²) in [6.07, 6.45) is 1.42. The summed E-state index contributed by atoms with van der Waals surface area (Å²) in [4.78, 5) is 16.9. The van der Waals surface area contributed by atoms with E-state index in [-0.39, 0.29) is 5.92 Å². The van der Waals surface area contributed by atoms with Gasteiger partial charge in [-0.15, -0.1) is 0 Å². The van der Waals surface area contributed by atoms with Crippen LogP contribution in [0.25, 0.3) is 11.5 Å². The third-order valence-electron chi connectivity index (χ3n) is 2.53. The van der Waals surface area contributed by atoms with E-state index >= 15 is 0 Å². The number of nitrogens with zero attached hydrogens (tertiary/aromatic N) is 4. The van der Waals surface area contributed by atoms with Crippen molar-refractivity contribution < 1.29 is 4.74 Å². The number of aromatic nitrogens is 4. The quantitative estimate of drug-likeness (QED) is 0.833. The third kappa shape index (κ3) is 2.91. The Morgan fingerprint density at radius 2 is 2.00 bits per heavy atom. The minimum absolute atomic E-state index is 0.264. The van der Waals surface area contributed by atoms with E-state index in [0.717, 1.165) is 9.26 Å². The fourth-order valence-corrected chi connectivity index (χ4v) is 2.42. The first kappa shape index (κ1) is 13.9. The standard InChI is InChI=1S/C12H14IN5O/c1-6(2)10-9(13)11(14)18-12(17-10)7-4-8(19-3)16-5-15-7/h4-6H,1-3H3,(H2,14,17,18). The number of rotatable bonds is 3. The van der Waals surface area contributed by atoms with Gasteiger partial charge in [0.2, 0.25) is 5.88 Å². The van der Waals surface area contributed by atoms with Crippen LogP contribution in [-0.4, -0.2) is 27.0 Å². The Kier molecular flexibility index (Phi) is 4.13. The maximum absolute atomic E-state index is 5.93.